The number of aryl methyl sites for hydroxylation is 1. The van der Waals surface area contributed by atoms with Gasteiger partial charge >= 0.3 is 5.97 Å². The Bertz CT molecular complexity index is 749. The molecule has 10 nitrogen and oxygen atoms in total. The first-order valence-electron chi connectivity index (χ1n) is 6.96. The van der Waals surface area contributed by atoms with Crippen LogP contribution in [0.25, 0.3) is 11.2 Å². The van der Waals surface area contributed by atoms with E-state index < -0.39 is 16.9 Å². The van der Waals surface area contributed by atoms with Crippen LogP contribution in [0.2, 0.25) is 0 Å². The van der Waals surface area contributed by atoms with Gasteiger partial charge in [0.2, 0.25) is 5.95 Å². The Morgan fingerprint density at radius 1 is 1.48 bits per heavy atom. The maximum Gasteiger partial charge on any atom is 0.302 e. The van der Waals surface area contributed by atoms with Gasteiger partial charge in [0.1, 0.15) is 6.61 Å². The number of nitrogens with zero attached hydrogens (tertiary/aromatic N) is 3. The van der Waals surface area contributed by atoms with Crippen LogP contribution in [0.4, 0.5) is 5.95 Å². The topological polar surface area (TPSA) is 156 Å². The van der Waals surface area contributed by atoms with E-state index in [-0.39, 0.29) is 37.7 Å². The van der Waals surface area contributed by atoms with Gasteiger partial charge in [-0.25, -0.2) is 4.98 Å². The molecule has 0 aliphatic carbocycles. The Morgan fingerprint density at radius 2 is 2.17 bits per heavy atom. The molecule has 0 radical (unpaired) electrons. The number of hydrogen-bond donors (Lipinski definition) is 4. The summed E-state index contributed by atoms with van der Waals surface area (Å²) in [4.78, 5) is 33.0. The van der Waals surface area contributed by atoms with E-state index in [2.05, 4.69) is 15.0 Å². The molecule has 5 N–H and O–H groups in total. The summed E-state index contributed by atoms with van der Waals surface area (Å²) in [7, 11) is 0. The minimum absolute atomic E-state index is 0.0280. The van der Waals surface area contributed by atoms with Crippen molar-refractivity contribution >= 4 is 23.1 Å². The minimum Gasteiger partial charge on any atom is -0.465 e. The zero-order valence-electron chi connectivity index (χ0n) is 12.7. The van der Waals surface area contributed by atoms with Crippen LogP contribution in [0, 0.1) is 5.41 Å². The molecule has 0 saturated carbocycles. The standard InChI is InChI=1S/C13H19N5O5/c1-8(21)23-6-13(4-19,5-20)2-3-18-7-15-9-10(18)16-12(14)17-11(9)22/h7,19-20H,2-6H2,1H3,(H3,14,16,17,22). The molecule has 0 aromatic carbocycles. The minimum atomic E-state index is -0.991. The highest BCUT2D eigenvalue weighted by molar-refractivity contribution is 5.70. The molecule has 0 fully saturated rings. The molecule has 2 aromatic rings. The molecule has 0 spiro atoms. The maximum absolute atomic E-state index is 11.7. The Kier molecular flexibility index (Phi) is 4.96. The molecule has 0 saturated heterocycles. The average molecular weight is 325 g/mol. The lowest BCUT2D eigenvalue weighted by Gasteiger charge is -2.29. The van der Waals surface area contributed by atoms with E-state index in [4.69, 9.17) is 10.5 Å². The number of carbonyl (C=O) groups excluding carboxylic acids is 1. The number of nitrogen functional groups attached to an aromatic ring is 1. The number of hydrogen-bond acceptors (Lipinski definition) is 8. The molecule has 10 heteroatoms. The van der Waals surface area contributed by atoms with Gasteiger partial charge in [-0.15, -0.1) is 0 Å². The van der Waals surface area contributed by atoms with E-state index in [1.807, 2.05) is 0 Å². The highest BCUT2D eigenvalue weighted by Crippen LogP contribution is 2.23. The van der Waals surface area contributed by atoms with Gasteiger partial charge < -0.3 is 25.3 Å². The molecule has 0 aliphatic rings. The number of aliphatic hydroxyl groups is 2. The first-order valence-corrected chi connectivity index (χ1v) is 6.96. The third-order valence-corrected chi connectivity index (χ3v) is 3.63. The molecule has 2 heterocycles. The smallest absolute Gasteiger partial charge is 0.302 e. The van der Waals surface area contributed by atoms with Crippen molar-refractivity contribution in [3.05, 3.63) is 16.7 Å². The van der Waals surface area contributed by atoms with E-state index >= 15 is 0 Å². The summed E-state index contributed by atoms with van der Waals surface area (Å²) in [6.07, 6.45) is 1.71. The van der Waals surface area contributed by atoms with Crippen LogP contribution in [-0.4, -0.2) is 55.5 Å². The summed E-state index contributed by atoms with van der Waals surface area (Å²) >= 11 is 0. The second-order valence-electron chi connectivity index (χ2n) is 5.41. The lowest BCUT2D eigenvalue weighted by molar-refractivity contribution is -0.147. The summed E-state index contributed by atoms with van der Waals surface area (Å²) in [6.45, 7) is 0.716. The number of carbonyl (C=O) groups is 1. The lowest BCUT2D eigenvalue weighted by atomic mass is 9.87. The molecule has 126 valence electrons. The van der Waals surface area contributed by atoms with Gasteiger partial charge in [-0.2, -0.15) is 4.98 Å². The Balaban J connectivity index is 2.21. The monoisotopic (exact) mass is 325 g/mol. The predicted molar refractivity (Wildman–Crippen MR) is 80.4 cm³/mol. The lowest BCUT2D eigenvalue weighted by Crippen LogP contribution is -2.37. The zero-order valence-corrected chi connectivity index (χ0v) is 12.7. The van der Waals surface area contributed by atoms with Gasteiger partial charge in [0.05, 0.1) is 25.0 Å². The summed E-state index contributed by atoms with van der Waals surface area (Å²) in [5.41, 5.74) is 4.55. The molecule has 2 rings (SSSR count). The summed E-state index contributed by atoms with van der Waals surface area (Å²) in [6, 6.07) is 0. The molecule has 0 bridgehead atoms. The second-order valence-corrected chi connectivity index (χ2v) is 5.41. The fourth-order valence-electron chi connectivity index (χ4n) is 2.12. The number of anilines is 1. The van der Waals surface area contributed by atoms with E-state index in [1.165, 1.54) is 13.3 Å². The van der Waals surface area contributed by atoms with Gasteiger partial charge in [-0.1, -0.05) is 0 Å². The van der Waals surface area contributed by atoms with Crippen molar-refractivity contribution < 1.29 is 19.7 Å². The average Bonchev–Trinajstić information content (AvgIpc) is 2.91. The number of nitrogens with two attached hydrogens (primary N) is 1. The zero-order chi connectivity index (χ0) is 17.0. The van der Waals surface area contributed by atoms with Crippen LogP contribution in [0.15, 0.2) is 11.1 Å². The third kappa shape index (κ3) is 3.66. The van der Waals surface area contributed by atoms with E-state index in [0.717, 1.165) is 0 Å². The van der Waals surface area contributed by atoms with E-state index in [0.29, 0.717) is 12.2 Å². The van der Waals surface area contributed by atoms with Crippen molar-refractivity contribution in [2.75, 3.05) is 25.6 Å². The van der Waals surface area contributed by atoms with Gasteiger partial charge in [0.25, 0.3) is 5.56 Å². The number of ether oxygens (including phenoxy) is 1. The molecule has 2 aromatic heterocycles. The van der Waals surface area contributed by atoms with Crippen molar-refractivity contribution in [3.8, 4) is 0 Å². The van der Waals surface area contributed by atoms with Crippen molar-refractivity contribution in [1.29, 1.82) is 0 Å². The number of H-pyrrole nitrogens is 1. The molecular weight excluding hydrogens is 306 g/mol. The molecule has 0 atom stereocenters. The third-order valence-electron chi connectivity index (χ3n) is 3.63. The van der Waals surface area contributed by atoms with Crippen LogP contribution in [0.1, 0.15) is 13.3 Å². The number of fused-ring (bicyclic) bond motifs is 1. The van der Waals surface area contributed by atoms with Crippen LogP contribution in [0.5, 0.6) is 0 Å². The quantitative estimate of drug-likeness (QED) is 0.454. The second kappa shape index (κ2) is 6.75. The van der Waals surface area contributed by atoms with Gasteiger partial charge in [0.15, 0.2) is 11.2 Å². The summed E-state index contributed by atoms with van der Waals surface area (Å²) < 4.78 is 6.50. The SMILES string of the molecule is CC(=O)OCC(CO)(CO)CCn1cnc2c(=O)[nH]c(N)nc21. The number of imidazole rings is 1. The van der Waals surface area contributed by atoms with Gasteiger partial charge in [-0.3, -0.25) is 14.6 Å². The number of aromatic amines is 1. The number of esters is 1. The summed E-state index contributed by atoms with van der Waals surface area (Å²) in [5, 5.41) is 19.1. The molecular formula is C13H19N5O5. The fourth-order valence-corrected chi connectivity index (χ4v) is 2.12. The highest BCUT2D eigenvalue weighted by atomic mass is 16.5. The van der Waals surface area contributed by atoms with Crippen molar-refractivity contribution in [2.45, 2.75) is 19.9 Å². The first kappa shape index (κ1) is 16.9. The van der Waals surface area contributed by atoms with Gasteiger partial charge in [-0.05, 0) is 6.42 Å². The highest BCUT2D eigenvalue weighted by Gasteiger charge is 2.30. The van der Waals surface area contributed by atoms with Crippen LogP contribution < -0.4 is 11.3 Å². The predicted octanol–water partition coefficient (Wildman–Crippen LogP) is -1.37. The molecule has 23 heavy (non-hydrogen) atoms. The Morgan fingerprint density at radius 3 is 2.78 bits per heavy atom. The van der Waals surface area contributed by atoms with Crippen molar-refractivity contribution in [1.82, 2.24) is 19.5 Å². The maximum atomic E-state index is 11.7. The number of rotatable bonds is 7. The molecule has 0 amide bonds. The molecule has 0 unspecified atom stereocenters. The summed E-state index contributed by atoms with van der Waals surface area (Å²) in [5.74, 6) is -0.523. The molecule has 0 aliphatic heterocycles. The normalized spacial score (nSPS) is 11.8. The van der Waals surface area contributed by atoms with Crippen molar-refractivity contribution in [2.24, 2.45) is 5.41 Å². The van der Waals surface area contributed by atoms with E-state index in [1.54, 1.807) is 4.57 Å². The number of aromatic nitrogens is 4. The van der Waals surface area contributed by atoms with Crippen molar-refractivity contribution in [3.63, 3.8) is 0 Å². The largest absolute Gasteiger partial charge is 0.465 e. The van der Waals surface area contributed by atoms with Crippen LogP contribution in [-0.2, 0) is 16.1 Å². The number of nitrogens with one attached hydrogen (secondary N) is 1. The Labute approximate surface area is 130 Å². The Hall–Kier alpha value is -2.46. The van der Waals surface area contributed by atoms with E-state index in [9.17, 15) is 19.8 Å². The fraction of sp³-hybridized carbons (Fsp3) is 0.538. The van der Waals surface area contributed by atoms with Crippen LogP contribution in [0.3, 0.4) is 0 Å². The number of aliphatic hydroxyl groups excluding tert-OH is 2. The van der Waals surface area contributed by atoms with Gasteiger partial charge in [0, 0.05) is 13.5 Å². The van der Waals surface area contributed by atoms with Crippen LogP contribution >= 0.6 is 0 Å². The first-order chi connectivity index (χ1) is 10.9.